The maximum absolute atomic E-state index is 5.91. The third-order valence-electron chi connectivity index (χ3n) is 2.81. The van der Waals surface area contributed by atoms with Gasteiger partial charge in [0.25, 0.3) is 0 Å². The molecular weight excluding hydrogens is 294 g/mol. The second-order valence-electron chi connectivity index (χ2n) is 4.71. The van der Waals surface area contributed by atoms with Crippen LogP contribution in [0.25, 0.3) is 0 Å². The standard InChI is InChI=1S/C14H26ClN3O3/c1-3-4-6-19-8-10-21-11-9-20-7-5-18-12-14(13(2)15)16-17-18/h12-13H,3-11H2,1-2H3. The molecule has 1 heterocycles. The molecule has 1 unspecified atom stereocenters. The van der Waals surface area contributed by atoms with Crippen molar-refractivity contribution in [2.75, 3.05) is 39.6 Å². The first-order valence-corrected chi connectivity index (χ1v) is 7.95. The number of aromatic nitrogens is 3. The summed E-state index contributed by atoms with van der Waals surface area (Å²) in [5, 5.41) is 7.83. The van der Waals surface area contributed by atoms with Crippen LogP contribution in [0.5, 0.6) is 0 Å². The number of rotatable bonds is 13. The second kappa shape index (κ2) is 11.9. The SMILES string of the molecule is CCCCOCCOCCOCCn1cc(C(C)Cl)nn1. The Morgan fingerprint density at radius 2 is 1.71 bits per heavy atom. The number of alkyl halides is 1. The van der Waals surface area contributed by atoms with E-state index in [4.69, 9.17) is 25.8 Å². The quantitative estimate of drug-likeness (QED) is 0.413. The monoisotopic (exact) mass is 319 g/mol. The molecule has 7 heteroatoms. The molecule has 0 bridgehead atoms. The molecule has 1 aromatic rings. The van der Waals surface area contributed by atoms with Crippen LogP contribution in [0.15, 0.2) is 6.20 Å². The largest absolute Gasteiger partial charge is 0.379 e. The molecule has 0 aliphatic rings. The first-order chi connectivity index (χ1) is 10.2. The minimum atomic E-state index is -0.118. The molecule has 0 N–H and O–H groups in total. The van der Waals surface area contributed by atoms with Crippen LogP contribution in [0, 0.1) is 0 Å². The van der Waals surface area contributed by atoms with Gasteiger partial charge in [0.1, 0.15) is 5.69 Å². The average Bonchev–Trinajstić information content (AvgIpc) is 2.94. The first-order valence-electron chi connectivity index (χ1n) is 7.51. The molecule has 1 rings (SSSR count). The minimum Gasteiger partial charge on any atom is -0.379 e. The van der Waals surface area contributed by atoms with Gasteiger partial charge in [-0.2, -0.15) is 0 Å². The molecule has 1 aromatic heterocycles. The topological polar surface area (TPSA) is 58.4 Å². The zero-order chi connectivity index (χ0) is 15.3. The molecule has 6 nitrogen and oxygen atoms in total. The Morgan fingerprint density at radius 3 is 2.29 bits per heavy atom. The van der Waals surface area contributed by atoms with Gasteiger partial charge in [-0.05, 0) is 13.3 Å². The number of nitrogens with zero attached hydrogens (tertiary/aromatic N) is 3. The lowest BCUT2D eigenvalue weighted by Crippen LogP contribution is -2.12. The zero-order valence-electron chi connectivity index (χ0n) is 13.0. The third-order valence-corrected chi connectivity index (χ3v) is 3.04. The van der Waals surface area contributed by atoms with Crippen molar-refractivity contribution in [3.8, 4) is 0 Å². The highest BCUT2D eigenvalue weighted by molar-refractivity contribution is 6.20. The number of hydrogen-bond acceptors (Lipinski definition) is 5. The van der Waals surface area contributed by atoms with Crippen LogP contribution < -0.4 is 0 Å². The predicted octanol–water partition coefficient (Wildman–Crippen LogP) is 2.43. The number of hydrogen-bond donors (Lipinski definition) is 0. The Kier molecular flexibility index (Phi) is 10.4. The van der Waals surface area contributed by atoms with Crippen molar-refractivity contribution in [1.82, 2.24) is 15.0 Å². The first kappa shape index (κ1) is 18.4. The lowest BCUT2D eigenvalue weighted by Gasteiger charge is -2.06. The van der Waals surface area contributed by atoms with E-state index in [2.05, 4.69) is 17.2 Å². The van der Waals surface area contributed by atoms with Gasteiger partial charge in [-0.1, -0.05) is 18.6 Å². The van der Waals surface area contributed by atoms with Crippen LogP contribution >= 0.6 is 11.6 Å². The van der Waals surface area contributed by atoms with Crippen molar-refractivity contribution < 1.29 is 14.2 Å². The van der Waals surface area contributed by atoms with Crippen LogP contribution in [-0.4, -0.2) is 54.6 Å². The van der Waals surface area contributed by atoms with Gasteiger partial charge in [-0.15, -0.1) is 16.7 Å². The highest BCUT2D eigenvalue weighted by Crippen LogP contribution is 2.14. The van der Waals surface area contributed by atoms with Crippen LogP contribution in [0.2, 0.25) is 0 Å². The Hall–Kier alpha value is -0.690. The maximum Gasteiger partial charge on any atom is 0.100 e. The molecule has 21 heavy (non-hydrogen) atoms. The molecular formula is C14H26ClN3O3. The Labute approximate surface area is 131 Å². The highest BCUT2D eigenvalue weighted by Gasteiger charge is 2.05. The zero-order valence-corrected chi connectivity index (χ0v) is 13.7. The van der Waals surface area contributed by atoms with Crippen molar-refractivity contribution in [1.29, 1.82) is 0 Å². The molecule has 0 fully saturated rings. The number of ether oxygens (including phenoxy) is 3. The smallest absolute Gasteiger partial charge is 0.100 e. The molecule has 0 amide bonds. The summed E-state index contributed by atoms with van der Waals surface area (Å²) in [4.78, 5) is 0. The number of halogens is 1. The van der Waals surface area contributed by atoms with Crippen LogP contribution in [0.1, 0.15) is 37.8 Å². The van der Waals surface area contributed by atoms with Gasteiger partial charge in [0.15, 0.2) is 0 Å². The van der Waals surface area contributed by atoms with E-state index >= 15 is 0 Å². The molecule has 0 spiro atoms. The Bertz CT molecular complexity index is 361. The van der Waals surface area contributed by atoms with E-state index in [0.29, 0.717) is 39.6 Å². The van der Waals surface area contributed by atoms with Crippen molar-refractivity contribution in [3.63, 3.8) is 0 Å². The summed E-state index contributed by atoms with van der Waals surface area (Å²) in [6.07, 6.45) is 4.10. The van der Waals surface area contributed by atoms with Crippen molar-refractivity contribution in [2.24, 2.45) is 0 Å². The van der Waals surface area contributed by atoms with E-state index in [0.717, 1.165) is 25.1 Å². The van der Waals surface area contributed by atoms with Gasteiger partial charge < -0.3 is 14.2 Å². The molecule has 122 valence electrons. The molecule has 0 aromatic carbocycles. The van der Waals surface area contributed by atoms with E-state index < -0.39 is 0 Å². The van der Waals surface area contributed by atoms with E-state index in [1.54, 1.807) is 4.68 Å². The summed E-state index contributed by atoms with van der Waals surface area (Å²) in [5.41, 5.74) is 0.781. The molecule has 0 saturated carbocycles. The van der Waals surface area contributed by atoms with Gasteiger partial charge in [0.2, 0.25) is 0 Å². The van der Waals surface area contributed by atoms with Crippen molar-refractivity contribution in [2.45, 2.75) is 38.6 Å². The molecule has 0 aliphatic heterocycles. The van der Waals surface area contributed by atoms with Gasteiger partial charge >= 0.3 is 0 Å². The predicted molar refractivity (Wildman–Crippen MR) is 81.7 cm³/mol. The fourth-order valence-electron chi connectivity index (χ4n) is 1.55. The van der Waals surface area contributed by atoms with E-state index in [1.807, 2.05) is 13.1 Å². The van der Waals surface area contributed by atoms with E-state index in [9.17, 15) is 0 Å². The average molecular weight is 320 g/mol. The summed E-state index contributed by atoms with van der Waals surface area (Å²) in [7, 11) is 0. The summed E-state index contributed by atoms with van der Waals surface area (Å²) in [6.45, 7) is 8.50. The molecule has 0 saturated heterocycles. The molecule has 1 atom stereocenters. The number of unbranched alkanes of at least 4 members (excludes halogenated alkanes) is 1. The minimum absolute atomic E-state index is 0.118. The summed E-state index contributed by atoms with van der Waals surface area (Å²) in [6, 6.07) is 0. The van der Waals surface area contributed by atoms with Gasteiger partial charge in [0.05, 0.1) is 51.2 Å². The fraction of sp³-hybridized carbons (Fsp3) is 0.857. The van der Waals surface area contributed by atoms with E-state index in [1.165, 1.54) is 0 Å². The van der Waals surface area contributed by atoms with Gasteiger partial charge in [0, 0.05) is 6.61 Å². The third kappa shape index (κ3) is 9.03. The summed E-state index contributed by atoms with van der Waals surface area (Å²) in [5.74, 6) is 0. The summed E-state index contributed by atoms with van der Waals surface area (Å²) < 4.78 is 18.0. The normalized spacial score (nSPS) is 12.7. The molecule has 0 aliphatic carbocycles. The molecule has 0 radical (unpaired) electrons. The van der Waals surface area contributed by atoms with E-state index in [-0.39, 0.29) is 5.38 Å². The lowest BCUT2D eigenvalue weighted by atomic mass is 10.4. The Balaban J connectivity index is 1.88. The van der Waals surface area contributed by atoms with Crippen LogP contribution in [0.4, 0.5) is 0 Å². The van der Waals surface area contributed by atoms with Gasteiger partial charge in [-0.3, -0.25) is 0 Å². The fourth-order valence-corrected chi connectivity index (χ4v) is 1.65. The summed E-state index contributed by atoms with van der Waals surface area (Å²) >= 11 is 5.91. The van der Waals surface area contributed by atoms with Gasteiger partial charge in [-0.25, -0.2) is 4.68 Å². The van der Waals surface area contributed by atoms with Crippen molar-refractivity contribution >= 4 is 11.6 Å². The van der Waals surface area contributed by atoms with Crippen LogP contribution in [0.3, 0.4) is 0 Å². The van der Waals surface area contributed by atoms with Crippen LogP contribution in [-0.2, 0) is 20.8 Å². The lowest BCUT2D eigenvalue weighted by molar-refractivity contribution is 0.0123. The van der Waals surface area contributed by atoms with Crippen molar-refractivity contribution in [3.05, 3.63) is 11.9 Å². The second-order valence-corrected chi connectivity index (χ2v) is 5.37. The highest BCUT2D eigenvalue weighted by atomic mass is 35.5. The maximum atomic E-state index is 5.91. The Morgan fingerprint density at radius 1 is 1.10 bits per heavy atom.